The third-order valence-corrected chi connectivity index (χ3v) is 12.4. The molecule has 0 saturated carbocycles. The molecule has 6 aliphatic heterocycles. The van der Waals surface area contributed by atoms with Crippen LogP contribution in [0.2, 0.25) is 0 Å². The highest BCUT2D eigenvalue weighted by molar-refractivity contribution is 6.01. The number of fused-ring (bicyclic) bond motifs is 11. The van der Waals surface area contributed by atoms with Gasteiger partial charge in [0.05, 0.1) is 10.8 Å². The molecule has 0 bridgehead atoms. The predicted molar refractivity (Wildman–Crippen MR) is 186 cm³/mol. The summed E-state index contributed by atoms with van der Waals surface area (Å²) >= 11 is 0. The van der Waals surface area contributed by atoms with Gasteiger partial charge in [0.1, 0.15) is 48.1 Å². The Morgan fingerprint density at radius 1 is 0.538 bits per heavy atom. The van der Waals surface area contributed by atoms with Crippen LogP contribution in [0.25, 0.3) is 0 Å². The molecule has 0 unspecified atom stereocenters. The maximum absolute atomic E-state index is 16.7. The van der Waals surface area contributed by atoms with E-state index < -0.39 is 70.8 Å². The molecule has 4 N–H and O–H groups in total. The fourth-order valence-corrected chi connectivity index (χ4v) is 10.5. The van der Waals surface area contributed by atoms with E-state index >= 15 is 8.78 Å². The fourth-order valence-electron chi connectivity index (χ4n) is 10.5. The van der Waals surface area contributed by atoms with E-state index in [0.717, 1.165) is 11.1 Å². The average Bonchev–Trinajstić information content (AvgIpc) is 3.85. The minimum absolute atomic E-state index is 0.0655. The van der Waals surface area contributed by atoms with Crippen molar-refractivity contribution in [2.45, 2.75) is 73.0 Å². The molecule has 12 heteroatoms. The van der Waals surface area contributed by atoms with Gasteiger partial charge in [0.15, 0.2) is 0 Å². The Hall–Kier alpha value is -5.78. The lowest BCUT2D eigenvalue weighted by Gasteiger charge is -2.48. The number of hydrogen-bond acceptors (Lipinski definition) is 6. The van der Waals surface area contributed by atoms with Crippen molar-refractivity contribution in [1.29, 1.82) is 0 Å². The van der Waals surface area contributed by atoms with Crippen LogP contribution in [0.1, 0.15) is 35.1 Å². The third kappa shape index (κ3) is 3.92. The van der Waals surface area contributed by atoms with E-state index in [1.807, 2.05) is 60.7 Å². The maximum Gasteiger partial charge on any atom is 0.247 e. The average molecular weight is 701 g/mol. The molecule has 0 radical (unpaired) electrons. The summed E-state index contributed by atoms with van der Waals surface area (Å²) < 4.78 is 33.4. The van der Waals surface area contributed by atoms with Crippen molar-refractivity contribution >= 4 is 35.0 Å². The number of hydrogen-bond donors (Lipinski definition) is 4. The van der Waals surface area contributed by atoms with Crippen molar-refractivity contribution in [2.75, 3.05) is 10.6 Å². The lowest BCUT2D eigenvalue weighted by molar-refractivity contribution is -0.149. The normalized spacial score (nSPS) is 32.1. The number of anilines is 2. The van der Waals surface area contributed by atoms with Gasteiger partial charge in [-0.15, -0.1) is 0 Å². The summed E-state index contributed by atoms with van der Waals surface area (Å²) in [6.45, 7) is 0. The highest BCUT2D eigenvalue weighted by atomic mass is 19.1. The Morgan fingerprint density at radius 2 is 0.942 bits per heavy atom. The Morgan fingerprint density at radius 3 is 1.35 bits per heavy atom. The van der Waals surface area contributed by atoms with Crippen LogP contribution in [0.5, 0.6) is 0 Å². The zero-order chi connectivity index (χ0) is 35.5. The van der Waals surface area contributed by atoms with Crippen LogP contribution >= 0.6 is 0 Å². The second-order valence-electron chi connectivity index (χ2n) is 14.8. The molecule has 10 nitrogen and oxygen atoms in total. The van der Waals surface area contributed by atoms with E-state index in [0.29, 0.717) is 11.4 Å². The van der Waals surface area contributed by atoms with Gasteiger partial charge in [-0.25, -0.2) is 8.78 Å². The number of piperazine rings is 2. The second-order valence-corrected chi connectivity index (χ2v) is 14.8. The van der Waals surface area contributed by atoms with Crippen LogP contribution in [0.3, 0.4) is 0 Å². The minimum atomic E-state index is -1.50. The van der Waals surface area contributed by atoms with Gasteiger partial charge < -0.3 is 31.1 Å². The van der Waals surface area contributed by atoms with E-state index in [1.165, 1.54) is 21.9 Å². The predicted octanol–water partition coefficient (Wildman–Crippen LogP) is 3.33. The number of nitrogens with zero attached hydrogens (tertiary/aromatic N) is 2. The molecule has 0 aromatic heterocycles. The molecule has 0 spiro atoms. The lowest BCUT2D eigenvalue weighted by atomic mass is 9.54. The standard InChI is InChI=1S/C40H34F2N6O4/c41-23-13-7-15-25-31(23)39(19-29-33(49)43-27(17-21-9-3-1-4-10-21)35(51)47(29)37(39)45-25)40-20-30-34(50)44-28(18-22-11-5-2-6-12-22)36(52)48(30)38(40)46-26-16-8-14-24(42)32(26)40/h1-16,27-30,37-38,45-46H,17-20H2,(H,43,49)(H,44,50)/t27-,28-,29-,30-,37+,38+,39+,40+/m0/s1. The SMILES string of the molecule is O=C1N[C@@H](Cc2ccccc2)C(=O)N2[C@H]3Nc4cccc(F)c4[C@]3([C@@]34C[C@H]5C(=O)N[C@@H](Cc6ccccc6)C(=O)N5[C@H]3Nc3cccc(F)c34)C[C@@H]12. The molecule has 4 aromatic carbocycles. The molecule has 52 heavy (non-hydrogen) atoms. The van der Waals surface area contributed by atoms with Gasteiger partial charge in [0.2, 0.25) is 23.6 Å². The van der Waals surface area contributed by atoms with Crippen LogP contribution in [-0.2, 0) is 42.8 Å². The molecule has 6 aliphatic rings. The summed E-state index contributed by atoms with van der Waals surface area (Å²) in [7, 11) is 0. The number of rotatable bonds is 5. The number of nitrogens with one attached hydrogen (secondary N) is 4. The Kier molecular flexibility index (Phi) is 6.48. The highest BCUT2D eigenvalue weighted by Crippen LogP contribution is 2.69. The second kappa shape index (κ2) is 10.9. The van der Waals surface area contributed by atoms with Crippen molar-refractivity contribution in [1.82, 2.24) is 20.4 Å². The van der Waals surface area contributed by atoms with E-state index in [2.05, 4.69) is 21.3 Å². The van der Waals surface area contributed by atoms with Crippen LogP contribution in [-0.4, -0.2) is 69.9 Å². The van der Waals surface area contributed by atoms with Gasteiger partial charge in [-0.3, -0.25) is 19.2 Å². The van der Waals surface area contributed by atoms with Gasteiger partial charge in [-0.05, 0) is 48.2 Å². The first-order valence-corrected chi connectivity index (χ1v) is 17.7. The first-order chi connectivity index (χ1) is 25.2. The highest BCUT2D eigenvalue weighted by Gasteiger charge is 2.79. The lowest BCUT2D eigenvalue weighted by Crippen LogP contribution is -2.67. The monoisotopic (exact) mass is 700 g/mol. The summed E-state index contributed by atoms with van der Waals surface area (Å²) in [6, 6.07) is 24.1. The summed E-state index contributed by atoms with van der Waals surface area (Å²) in [5, 5.41) is 12.7. The topological polar surface area (TPSA) is 123 Å². The van der Waals surface area contributed by atoms with Gasteiger partial charge in [-0.1, -0.05) is 72.8 Å². The Balaban J connectivity index is 1.16. The summed E-state index contributed by atoms with van der Waals surface area (Å²) in [5.41, 5.74) is -0.0105. The van der Waals surface area contributed by atoms with Crippen molar-refractivity contribution in [3.05, 3.63) is 131 Å². The van der Waals surface area contributed by atoms with Crippen molar-refractivity contribution in [2.24, 2.45) is 0 Å². The van der Waals surface area contributed by atoms with Gasteiger partial charge >= 0.3 is 0 Å². The largest absolute Gasteiger partial charge is 0.364 e. The number of halogens is 2. The van der Waals surface area contributed by atoms with Crippen LogP contribution in [0, 0.1) is 11.6 Å². The molecule has 4 amide bonds. The van der Waals surface area contributed by atoms with Crippen molar-refractivity contribution < 1.29 is 28.0 Å². The Bertz CT molecular complexity index is 2050. The molecule has 10 rings (SSSR count). The molecule has 4 aromatic rings. The summed E-state index contributed by atoms with van der Waals surface area (Å²) in [5.74, 6) is -2.64. The molecule has 4 saturated heterocycles. The Labute approximate surface area is 297 Å². The van der Waals surface area contributed by atoms with Crippen molar-refractivity contribution in [3.8, 4) is 0 Å². The third-order valence-electron chi connectivity index (χ3n) is 12.4. The molecule has 262 valence electrons. The van der Waals surface area contributed by atoms with Crippen molar-refractivity contribution in [3.63, 3.8) is 0 Å². The van der Waals surface area contributed by atoms with Crippen LogP contribution < -0.4 is 21.3 Å². The fraction of sp³-hybridized carbons (Fsp3) is 0.300. The molecule has 6 heterocycles. The van der Waals surface area contributed by atoms with E-state index in [4.69, 9.17) is 0 Å². The van der Waals surface area contributed by atoms with E-state index in [-0.39, 0.29) is 48.6 Å². The van der Waals surface area contributed by atoms with Gasteiger partial charge in [-0.2, -0.15) is 0 Å². The van der Waals surface area contributed by atoms with Crippen LogP contribution in [0.15, 0.2) is 97.1 Å². The number of benzene rings is 4. The zero-order valence-corrected chi connectivity index (χ0v) is 27.8. The van der Waals surface area contributed by atoms with E-state index in [1.54, 1.807) is 24.3 Å². The van der Waals surface area contributed by atoms with Crippen LogP contribution in [0.4, 0.5) is 20.2 Å². The smallest absolute Gasteiger partial charge is 0.247 e. The minimum Gasteiger partial charge on any atom is -0.364 e. The van der Waals surface area contributed by atoms with Gasteiger partial charge in [0.25, 0.3) is 0 Å². The molecule has 8 atom stereocenters. The first kappa shape index (κ1) is 31.0. The van der Waals surface area contributed by atoms with E-state index in [9.17, 15) is 19.2 Å². The number of carbonyl (C=O) groups is 4. The maximum atomic E-state index is 16.7. The molecular formula is C40H34F2N6O4. The summed E-state index contributed by atoms with van der Waals surface area (Å²) in [4.78, 5) is 60.6. The molecule has 4 fully saturated rings. The number of carbonyl (C=O) groups excluding carboxylic acids is 4. The number of amides is 4. The first-order valence-electron chi connectivity index (χ1n) is 17.7. The molecule has 0 aliphatic carbocycles. The molecular weight excluding hydrogens is 666 g/mol. The quantitative estimate of drug-likeness (QED) is 0.254. The summed E-state index contributed by atoms with van der Waals surface area (Å²) in [6.07, 6.45) is -1.65. The van der Waals surface area contributed by atoms with Gasteiger partial charge in [0, 0.05) is 35.3 Å². The zero-order valence-electron chi connectivity index (χ0n) is 27.8.